The molecule has 1 rings (SSSR count). The molecule has 0 aliphatic rings. The normalized spacial score (nSPS) is 11.7. The van der Waals surface area contributed by atoms with E-state index in [1.807, 2.05) is 0 Å². The maximum absolute atomic E-state index is 13.5. The fraction of sp³-hybridized carbons (Fsp3) is 0.333. The first-order valence-electron chi connectivity index (χ1n) is 5.49. The van der Waals surface area contributed by atoms with Crippen molar-refractivity contribution < 1.29 is 28.9 Å². The smallest absolute Gasteiger partial charge is 0.332 e. The summed E-state index contributed by atoms with van der Waals surface area (Å²) in [5.41, 5.74) is -0.255. The zero-order valence-corrected chi connectivity index (χ0v) is 10.2. The van der Waals surface area contributed by atoms with E-state index in [0.29, 0.717) is 0 Å². The van der Waals surface area contributed by atoms with Gasteiger partial charge in [0.15, 0.2) is 6.10 Å². The zero-order chi connectivity index (χ0) is 14.4. The van der Waals surface area contributed by atoms with Gasteiger partial charge in [0.05, 0.1) is 7.11 Å². The second-order valence-electron chi connectivity index (χ2n) is 3.72. The highest BCUT2D eigenvalue weighted by atomic mass is 19.1. The summed E-state index contributed by atoms with van der Waals surface area (Å²) in [7, 11) is 1.31. The van der Waals surface area contributed by atoms with E-state index in [-0.39, 0.29) is 24.3 Å². The van der Waals surface area contributed by atoms with Crippen LogP contribution in [0.5, 0.6) is 5.75 Å². The Morgan fingerprint density at radius 1 is 1.47 bits per heavy atom. The molecule has 0 heterocycles. The van der Waals surface area contributed by atoms with Crippen molar-refractivity contribution in [3.63, 3.8) is 0 Å². The Morgan fingerprint density at radius 3 is 2.74 bits per heavy atom. The molecule has 1 aromatic carbocycles. The van der Waals surface area contributed by atoms with Gasteiger partial charge >= 0.3 is 5.97 Å². The van der Waals surface area contributed by atoms with Crippen molar-refractivity contribution in [2.24, 2.45) is 0 Å². The number of ether oxygens (including phenoxy) is 1. The van der Waals surface area contributed by atoms with Gasteiger partial charge in [0.25, 0.3) is 5.91 Å². The topological polar surface area (TPSA) is 95.9 Å². The Hall–Kier alpha value is -2.15. The van der Waals surface area contributed by atoms with Gasteiger partial charge in [-0.15, -0.1) is 0 Å². The first-order valence-corrected chi connectivity index (χ1v) is 5.49. The number of carboxylic acids is 1. The highest BCUT2D eigenvalue weighted by Gasteiger charge is 2.18. The average Bonchev–Trinajstić information content (AvgIpc) is 2.37. The maximum atomic E-state index is 13.5. The van der Waals surface area contributed by atoms with Gasteiger partial charge in [0.1, 0.15) is 17.1 Å². The number of nitrogens with one attached hydrogen (secondary N) is 1. The molecule has 0 radical (unpaired) electrons. The summed E-state index contributed by atoms with van der Waals surface area (Å²) in [4.78, 5) is 22.1. The summed E-state index contributed by atoms with van der Waals surface area (Å²) in [5, 5.41) is 19.8. The molecule has 1 unspecified atom stereocenters. The molecule has 0 spiro atoms. The quantitative estimate of drug-likeness (QED) is 0.696. The van der Waals surface area contributed by atoms with Crippen molar-refractivity contribution in [1.29, 1.82) is 0 Å². The maximum Gasteiger partial charge on any atom is 0.332 e. The number of aliphatic hydroxyl groups excluding tert-OH is 1. The minimum atomic E-state index is -1.57. The fourth-order valence-corrected chi connectivity index (χ4v) is 1.43. The number of carboxylic acid groups (broad SMARTS) is 1. The molecule has 0 aliphatic carbocycles. The van der Waals surface area contributed by atoms with Gasteiger partial charge in [0, 0.05) is 13.0 Å². The van der Waals surface area contributed by atoms with Gasteiger partial charge in [-0.1, -0.05) is 6.07 Å². The molecular weight excluding hydrogens is 257 g/mol. The van der Waals surface area contributed by atoms with Crippen LogP contribution in [0, 0.1) is 5.82 Å². The summed E-state index contributed by atoms with van der Waals surface area (Å²) in [6.07, 6.45) is -1.74. The molecule has 6 nitrogen and oxygen atoms in total. The number of amides is 1. The Kier molecular flexibility index (Phi) is 5.25. The molecule has 0 aromatic heterocycles. The van der Waals surface area contributed by atoms with Crippen LogP contribution < -0.4 is 10.1 Å². The monoisotopic (exact) mass is 271 g/mol. The summed E-state index contributed by atoms with van der Waals surface area (Å²) < 4.78 is 18.4. The van der Waals surface area contributed by atoms with E-state index < -0.39 is 23.8 Å². The van der Waals surface area contributed by atoms with Crippen LogP contribution in [0.3, 0.4) is 0 Å². The number of halogens is 1. The predicted molar refractivity (Wildman–Crippen MR) is 63.5 cm³/mol. The van der Waals surface area contributed by atoms with Crippen molar-refractivity contribution in [1.82, 2.24) is 5.32 Å². The third-order valence-corrected chi connectivity index (χ3v) is 2.41. The van der Waals surface area contributed by atoms with Crippen molar-refractivity contribution in [3.05, 3.63) is 29.6 Å². The van der Waals surface area contributed by atoms with Gasteiger partial charge < -0.3 is 20.3 Å². The van der Waals surface area contributed by atoms with Crippen LogP contribution in [-0.4, -0.2) is 41.8 Å². The zero-order valence-electron chi connectivity index (χ0n) is 10.2. The molecule has 0 saturated carbocycles. The van der Waals surface area contributed by atoms with Gasteiger partial charge in [0.2, 0.25) is 0 Å². The van der Waals surface area contributed by atoms with E-state index in [0.717, 1.165) is 6.07 Å². The second-order valence-corrected chi connectivity index (χ2v) is 3.72. The van der Waals surface area contributed by atoms with Crippen molar-refractivity contribution in [2.45, 2.75) is 12.5 Å². The molecule has 1 amide bonds. The standard InChI is InChI=1S/C12H14FNO5/c1-19-9-4-2-3-7(13)10(9)11(16)14-6-5-8(15)12(17)18/h2-4,8,15H,5-6H2,1H3,(H,14,16)(H,17,18). The van der Waals surface area contributed by atoms with E-state index >= 15 is 0 Å². The summed E-state index contributed by atoms with van der Waals surface area (Å²) in [5.74, 6) is -2.77. The lowest BCUT2D eigenvalue weighted by Gasteiger charge is -2.10. The van der Waals surface area contributed by atoms with Crippen LogP contribution in [0.15, 0.2) is 18.2 Å². The number of benzene rings is 1. The minimum Gasteiger partial charge on any atom is -0.496 e. The van der Waals surface area contributed by atoms with Crippen LogP contribution in [0.4, 0.5) is 4.39 Å². The SMILES string of the molecule is COc1cccc(F)c1C(=O)NCCC(O)C(=O)O. The highest BCUT2D eigenvalue weighted by molar-refractivity contribution is 5.97. The number of hydrogen-bond acceptors (Lipinski definition) is 4. The molecule has 104 valence electrons. The van der Waals surface area contributed by atoms with Crippen LogP contribution in [0.1, 0.15) is 16.8 Å². The largest absolute Gasteiger partial charge is 0.496 e. The second kappa shape index (κ2) is 6.69. The van der Waals surface area contributed by atoms with Gasteiger partial charge in [-0.3, -0.25) is 4.79 Å². The summed E-state index contributed by atoms with van der Waals surface area (Å²) in [6.45, 7) is -0.0935. The lowest BCUT2D eigenvalue weighted by molar-refractivity contribution is -0.146. The summed E-state index contributed by atoms with van der Waals surface area (Å²) in [6, 6.07) is 3.95. The minimum absolute atomic E-state index is 0.0799. The van der Waals surface area contributed by atoms with E-state index in [9.17, 15) is 14.0 Å². The van der Waals surface area contributed by atoms with Crippen LogP contribution in [0.25, 0.3) is 0 Å². The molecule has 0 fully saturated rings. The lowest BCUT2D eigenvalue weighted by atomic mass is 10.1. The number of carbonyl (C=O) groups excluding carboxylic acids is 1. The van der Waals surface area contributed by atoms with E-state index in [1.54, 1.807) is 0 Å². The number of aliphatic hydroxyl groups is 1. The Bertz CT molecular complexity index is 477. The molecular formula is C12H14FNO5. The molecule has 1 atom stereocenters. The molecule has 0 saturated heterocycles. The molecule has 0 aliphatic heterocycles. The van der Waals surface area contributed by atoms with E-state index in [1.165, 1.54) is 19.2 Å². The van der Waals surface area contributed by atoms with Crippen molar-refractivity contribution >= 4 is 11.9 Å². The molecule has 7 heteroatoms. The van der Waals surface area contributed by atoms with E-state index in [2.05, 4.69) is 5.32 Å². The average molecular weight is 271 g/mol. The molecule has 3 N–H and O–H groups in total. The van der Waals surface area contributed by atoms with Crippen molar-refractivity contribution in [3.8, 4) is 5.75 Å². The van der Waals surface area contributed by atoms with Gasteiger partial charge in [-0.05, 0) is 12.1 Å². The number of carbonyl (C=O) groups is 2. The van der Waals surface area contributed by atoms with E-state index in [4.69, 9.17) is 14.9 Å². The number of hydrogen-bond donors (Lipinski definition) is 3. The third kappa shape index (κ3) is 3.92. The number of rotatable bonds is 6. The van der Waals surface area contributed by atoms with Gasteiger partial charge in [-0.25, -0.2) is 9.18 Å². The summed E-state index contributed by atoms with van der Waals surface area (Å²) >= 11 is 0. The fourth-order valence-electron chi connectivity index (χ4n) is 1.43. The Labute approximate surface area is 108 Å². The number of aliphatic carboxylic acids is 1. The van der Waals surface area contributed by atoms with Crippen LogP contribution in [0.2, 0.25) is 0 Å². The lowest BCUT2D eigenvalue weighted by Crippen LogP contribution is -2.30. The van der Waals surface area contributed by atoms with Gasteiger partial charge in [-0.2, -0.15) is 0 Å². The molecule has 0 bridgehead atoms. The van der Waals surface area contributed by atoms with Crippen LogP contribution in [-0.2, 0) is 4.79 Å². The number of methoxy groups -OCH3 is 1. The molecule has 19 heavy (non-hydrogen) atoms. The Morgan fingerprint density at radius 2 is 2.16 bits per heavy atom. The highest BCUT2D eigenvalue weighted by Crippen LogP contribution is 2.20. The first kappa shape index (κ1) is 14.9. The molecule has 1 aromatic rings. The first-order chi connectivity index (χ1) is 8.97. The van der Waals surface area contributed by atoms with Crippen molar-refractivity contribution in [2.75, 3.05) is 13.7 Å². The predicted octanol–water partition coefficient (Wildman–Crippen LogP) is 0.400. The Balaban J connectivity index is 2.66. The van der Waals surface area contributed by atoms with Crippen LogP contribution >= 0.6 is 0 Å². The third-order valence-electron chi connectivity index (χ3n) is 2.41.